The number of primary amides is 1. The van der Waals surface area contributed by atoms with Crippen LogP contribution in [0.25, 0.3) is 0 Å². The maximum atomic E-state index is 13.4. The number of nitrogens with two attached hydrogens (primary N) is 1. The highest BCUT2D eigenvalue weighted by Crippen LogP contribution is 2.38. The second-order valence-corrected chi connectivity index (χ2v) is 8.88. The first-order valence-electron chi connectivity index (χ1n) is 8.73. The summed E-state index contributed by atoms with van der Waals surface area (Å²) in [4.78, 5) is 38.4. The molecular formula is C17H22ClI2N3O8. The first-order chi connectivity index (χ1) is 14.5. The van der Waals surface area contributed by atoms with Gasteiger partial charge in [-0.15, -0.1) is 0 Å². The summed E-state index contributed by atoms with van der Waals surface area (Å²) in [5.74, 6) is -2.77. The van der Waals surface area contributed by atoms with Gasteiger partial charge in [-0.3, -0.25) is 14.4 Å². The Morgan fingerprint density at radius 3 is 1.77 bits per heavy atom. The average molecular weight is 686 g/mol. The zero-order chi connectivity index (χ0) is 24.0. The average Bonchev–Trinajstić information content (AvgIpc) is 2.70. The molecular weight excluding hydrogens is 663 g/mol. The van der Waals surface area contributed by atoms with Crippen molar-refractivity contribution in [2.45, 2.75) is 25.1 Å². The van der Waals surface area contributed by atoms with E-state index in [0.29, 0.717) is 0 Å². The van der Waals surface area contributed by atoms with Gasteiger partial charge in [0.25, 0.3) is 17.7 Å². The van der Waals surface area contributed by atoms with Crippen LogP contribution in [0.1, 0.15) is 27.6 Å². The zero-order valence-corrected chi connectivity index (χ0v) is 21.3. The molecule has 0 aliphatic rings. The number of nitrogens with zero attached hydrogens (tertiary/aromatic N) is 1. The van der Waals surface area contributed by atoms with Gasteiger partial charge in [-0.25, -0.2) is 0 Å². The Morgan fingerprint density at radius 2 is 1.42 bits per heavy atom. The van der Waals surface area contributed by atoms with Crippen LogP contribution in [0.15, 0.2) is 0 Å². The minimum Gasteiger partial charge on any atom is -0.394 e. The smallest absolute Gasteiger partial charge is 0.257 e. The summed E-state index contributed by atoms with van der Waals surface area (Å²) in [6, 6.07) is -2.43. The number of aliphatic hydroxyl groups is 5. The molecule has 14 heteroatoms. The first kappa shape index (κ1) is 28.2. The van der Waals surface area contributed by atoms with Gasteiger partial charge in [0.2, 0.25) is 0 Å². The van der Waals surface area contributed by atoms with Crippen LogP contribution in [-0.4, -0.2) is 92.8 Å². The molecule has 1 atom stereocenters. The summed E-state index contributed by atoms with van der Waals surface area (Å²) in [5.41, 5.74) is 4.82. The van der Waals surface area contributed by atoms with Crippen LogP contribution in [-0.2, 0) is 4.79 Å². The molecule has 1 rings (SSSR count). The van der Waals surface area contributed by atoms with Gasteiger partial charge in [-0.2, -0.15) is 0 Å². The molecule has 0 saturated carbocycles. The maximum absolute atomic E-state index is 13.4. The predicted octanol–water partition coefficient (Wildman–Crippen LogP) is -0.884. The van der Waals surface area contributed by atoms with Crippen LogP contribution in [0.5, 0.6) is 0 Å². The Hall–Kier alpha value is -0.820. The molecule has 0 saturated heterocycles. The van der Waals surface area contributed by atoms with E-state index < -0.39 is 62.3 Å². The molecule has 0 fully saturated rings. The molecule has 0 aliphatic heterocycles. The number of nitrogens with one attached hydrogen (secondary N) is 1. The number of halogens is 3. The van der Waals surface area contributed by atoms with Crippen LogP contribution in [0, 0.1) is 7.14 Å². The molecule has 0 aliphatic carbocycles. The number of carbonyl (C=O) groups is 3. The van der Waals surface area contributed by atoms with Gasteiger partial charge in [0, 0.05) is 0 Å². The quantitative estimate of drug-likeness (QED) is 0.154. The Labute approximate surface area is 209 Å². The maximum Gasteiger partial charge on any atom is 0.257 e. The lowest BCUT2D eigenvalue weighted by Crippen LogP contribution is -2.53. The molecule has 0 bridgehead atoms. The third-order valence-electron chi connectivity index (χ3n) is 4.27. The molecule has 31 heavy (non-hydrogen) atoms. The molecule has 0 heterocycles. The molecule has 0 radical (unpaired) electrons. The van der Waals surface area contributed by atoms with Crippen LogP contribution >= 0.6 is 56.8 Å². The van der Waals surface area contributed by atoms with Gasteiger partial charge in [-0.1, -0.05) is 11.6 Å². The van der Waals surface area contributed by atoms with E-state index in [-0.39, 0.29) is 29.0 Å². The molecule has 0 aromatic heterocycles. The summed E-state index contributed by atoms with van der Waals surface area (Å²) < 4.78 is 0.198. The number of carbonyl (C=O) groups excluding carboxylic acids is 3. The summed E-state index contributed by atoms with van der Waals surface area (Å²) in [6.07, 6.45) is -1.41. The molecule has 11 nitrogen and oxygen atoms in total. The van der Waals surface area contributed by atoms with Crippen molar-refractivity contribution in [2.24, 2.45) is 5.73 Å². The molecule has 8 N–H and O–H groups in total. The number of rotatable bonds is 10. The zero-order valence-electron chi connectivity index (χ0n) is 16.2. The van der Waals surface area contributed by atoms with Gasteiger partial charge in [0.15, 0.2) is 0 Å². The fourth-order valence-electron chi connectivity index (χ4n) is 2.63. The fourth-order valence-corrected chi connectivity index (χ4v) is 5.67. The lowest BCUT2D eigenvalue weighted by Gasteiger charge is -2.35. The standard InChI is InChI=1S/C17H22ClI2N3O8/c1-6(28)16(30)22-14-12(19)9(15(21)29)11(18)10(13(14)20)17(31)23(7(2-24)3-25)8(4-26)5-27/h6-8,24-28H,2-5H2,1H3,(H2,21,29)(H,22,30). The van der Waals surface area contributed by atoms with Gasteiger partial charge >= 0.3 is 0 Å². The van der Waals surface area contributed by atoms with Crippen molar-refractivity contribution < 1.29 is 39.9 Å². The van der Waals surface area contributed by atoms with Crippen molar-refractivity contribution in [1.82, 2.24) is 4.90 Å². The second kappa shape index (κ2) is 12.4. The van der Waals surface area contributed by atoms with Gasteiger partial charge in [-0.05, 0) is 52.1 Å². The van der Waals surface area contributed by atoms with Crippen molar-refractivity contribution in [3.63, 3.8) is 0 Å². The summed E-state index contributed by atoms with van der Waals surface area (Å²) >= 11 is 9.74. The summed E-state index contributed by atoms with van der Waals surface area (Å²) in [5, 5.41) is 49.9. The number of benzene rings is 1. The highest BCUT2D eigenvalue weighted by atomic mass is 127. The van der Waals surface area contributed by atoms with E-state index >= 15 is 0 Å². The number of aliphatic hydroxyl groups excluding tert-OH is 5. The molecule has 1 aromatic rings. The van der Waals surface area contributed by atoms with Crippen molar-refractivity contribution in [3.05, 3.63) is 23.3 Å². The number of amides is 3. The fraction of sp³-hybridized carbons (Fsp3) is 0.471. The molecule has 1 unspecified atom stereocenters. The van der Waals surface area contributed by atoms with Crippen LogP contribution < -0.4 is 11.1 Å². The van der Waals surface area contributed by atoms with E-state index in [9.17, 15) is 39.9 Å². The van der Waals surface area contributed by atoms with Crippen LogP contribution in [0.3, 0.4) is 0 Å². The van der Waals surface area contributed by atoms with Gasteiger partial charge in [0.1, 0.15) is 6.10 Å². The number of hydrogen-bond acceptors (Lipinski definition) is 8. The first-order valence-corrected chi connectivity index (χ1v) is 11.3. The molecule has 1 aromatic carbocycles. The Kier molecular flexibility index (Phi) is 11.3. The SMILES string of the molecule is CC(O)C(=O)Nc1c(I)c(C(N)=O)c(Cl)c(C(=O)N(C(CO)CO)C(CO)CO)c1I. The van der Waals surface area contributed by atoms with E-state index in [1.165, 1.54) is 6.92 Å². The van der Waals surface area contributed by atoms with Crippen LogP contribution in [0.2, 0.25) is 5.02 Å². The Balaban J connectivity index is 3.85. The van der Waals surface area contributed by atoms with Crippen molar-refractivity contribution in [2.75, 3.05) is 31.7 Å². The predicted molar refractivity (Wildman–Crippen MR) is 128 cm³/mol. The lowest BCUT2D eigenvalue weighted by molar-refractivity contribution is -0.123. The molecule has 0 spiro atoms. The minimum atomic E-state index is -1.41. The van der Waals surface area contributed by atoms with E-state index in [4.69, 9.17) is 17.3 Å². The second-order valence-electron chi connectivity index (χ2n) is 6.35. The minimum absolute atomic E-state index is 0.0114. The summed E-state index contributed by atoms with van der Waals surface area (Å²) in [7, 11) is 0. The van der Waals surface area contributed by atoms with Crippen molar-refractivity contribution in [1.29, 1.82) is 0 Å². The Morgan fingerprint density at radius 1 is 1.00 bits per heavy atom. The van der Waals surface area contributed by atoms with E-state index in [1.807, 2.05) is 0 Å². The van der Waals surface area contributed by atoms with Gasteiger partial charge in [0.05, 0.1) is 67.5 Å². The Bertz CT molecular complexity index is 835. The third-order valence-corrected chi connectivity index (χ3v) is 6.80. The van der Waals surface area contributed by atoms with Crippen LogP contribution in [0.4, 0.5) is 5.69 Å². The van der Waals surface area contributed by atoms with Crippen molar-refractivity contribution >= 4 is 80.2 Å². The number of anilines is 1. The molecule has 174 valence electrons. The van der Waals surface area contributed by atoms with Gasteiger partial charge < -0.3 is 41.5 Å². The van der Waals surface area contributed by atoms with E-state index in [0.717, 1.165) is 4.90 Å². The molecule has 3 amide bonds. The lowest BCUT2D eigenvalue weighted by atomic mass is 10.0. The monoisotopic (exact) mass is 685 g/mol. The highest BCUT2D eigenvalue weighted by molar-refractivity contribution is 14.1. The largest absolute Gasteiger partial charge is 0.394 e. The third kappa shape index (κ3) is 6.16. The highest BCUT2D eigenvalue weighted by Gasteiger charge is 2.36. The summed E-state index contributed by atoms with van der Waals surface area (Å²) in [6.45, 7) is -1.59. The van der Waals surface area contributed by atoms with E-state index in [1.54, 1.807) is 45.2 Å². The van der Waals surface area contributed by atoms with Crippen molar-refractivity contribution in [3.8, 4) is 0 Å². The normalized spacial score (nSPS) is 12.2. The number of hydrogen-bond donors (Lipinski definition) is 7. The topological polar surface area (TPSA) is 194 Å². The van der Waals surface area contributed by atoms with E-state index in [2.05, 4.69) is 5.32 Å².